The van der Waals surface area contributed by atoms with Crippen molar-refractivity contribution in [2.75, 3.05) is 13.2 Å². The third kappa shape index (κ3) is 7.71. The lowest BCUT2D eigenvalue weighted by atomic mass is 9.96. The highest BCUT2D eigenvalue weighted by molar-refractivity contribution is 5.98. The van der Waals surface area contributed by atoms with Crippen LogP contribution in [0.3, 0.4) is 0 Å². The minimum Gasteiger partial charge on any atom is -0.508 e. The normalized spacial score (nSPS) is 18.5. The Balaban J connectivity index is 1.37. The van der Waals surface area contributed by atoms with Crippen molar-refractivity contribution in [1.82, 2.24) is 34.9 Å². The number of hydrogen-bond acceptors (Lipinski definition) is 12. The van der Waals surface area contributed by atoms with Crippen molar-refractivity contribution in [2.24, 2.45) is 5.92 Å². The molecule has 16 nitrogen and oxygen atoms in total. The van der Waals surface area contributed by atoms with Gasteiger partial charge in [0.05, 0.1) is 30.3 Å². The Labute approximate surface area is 307 Å². The van der Waals surface area contributed by atoms with Crippen molar-refractivity contribution in [1.29, 1.82) is 0 Å². The molecule has 0 radical (unpaired) electrons. The summed E-state index contributed by atoms with van der Waals surface area (Å²) in [4.78, 5) is 56.3. The molecule has 0 spiro atoms. The van der Waals surface area contributed by atoms with E-state index in [-0.39, 0.29) is 45.9 Å². The second kappa shape index (κ2) is 15.8. The van der Waals surface area contributed by atoms with E-state index in [4.69, 9.17) is 4.74 Å². The Kier molecular flexibility index (Phi) is 11.6. The number of halogens is 2. The Hall–Kier alpha value is -5.59. The lowest BCUT2D eigenvalue weighted by molar-refractivity contribution is -0.141. The summed E-state index contributed by atoms with van der Waals surface area (Å²) in [5.41, 5.74) is -0.00871. The monoisotopic (exact) mass is 753 g/mol. The highest BCUT2D eigenvalue weighted by Gasteiger charge is 2.59. The molecule has 2 amide bonds. The van der Waals surface area contributed by atoms with Crippen LogP contribution in [0.1, 0.15) is 79.0 Å². The summed E-state index contributed by atoms with van der Waals surface area (Å²) in [7, 11) is 0. The van der Waals surface area contributed by atoms with Gasteiger partial charge in [-0.3, -0.25) is 23.5 Å². The van der Waals surface area contributed by atoms with Crippen LogP contribution in [-0.2, 0) is 16.0 Å². The van der Waals surface area contributed by atoms with Gasteiger partial charge in [0.2, 0.25) is 12.1 Å². The van der Waals surface area contributed by atoms with Gasteiger partial charge in [0, 0.05) is 30.1 Å². The smallest absolute Gasteiger partial charge is 0.350 e. The Morgan fingerprint density at radius 3 is 2.26 bits per heavy atom. The summed E-state index contributed by atoms with van der Waals surface area (Å²) in [6.45, 7) is 8.23. The van der Waals surface area contributed by atoms with E-state index >= 15 is 0 Å². The number of ketones is 1. The molecule has 0 saturated carbocycles. The number of aromatic hydroxyl groups is 2. The molecule has 2 aromatic carbocycles. The lowest BCUT2D eigenvalue weighted by Gasteiger charge is -2.22. The maximum absolute atomic E-state index is 14.6. The number of hydrogen-bond donors (Lipinski definition) is 6. The van der Waals surface area contributed by atoms with E-state index in [1.54, 1.807) is 26.8 Å². The van der Waals surface area contributed by atoms with Crippen LogP contribution in [0.25, 0.3) is 17.1 Å². The number of nitrogens with zero attached hydrogens (tertiary/aromatic N) is 5. The molecule has 4 aromatic rings. The number of amides is 2. The maximum atomic E-state index is 14.6. The van der Waals surface area contributed by atoms with E-state index < -0.39 is 72.6 Å². The molecule has 1 aliphatic heterocycles. The van der Waals surface area contributed by atoms with Crippen molar-refractivity contribution in [3.05, 3.63) is 81.8 Å². The van der Waals surface area contributed by atoms with Crippen LogP contribution in [-0.4, -0.2) is 99.7 Å². The standard InChI is InChI=1S/C36H41F2N7O9/c1-6-39-33(52)31-43-42-30(23-14-22(17(2)3)24(47)15-25(23)48)45(31)21-9-7-19(8-10-21)32(51)41-28(18(4)5)26(49)13-20-11-12-44(35(53)40-20)34-36(37,38)29(50)27(16-46)54-34/h7-12,14-15,17-18,27-29,34,46-48,50H,6,13,16H2,1-5H3,(H,39,52)(H,41,51)/t27-,28+,29-,34-/m1/s1. The first-order valence-corrected chi connectivity index (χ1v) is 17.1. The van der Waals surface area contributed by atoms with Gasteiger partial charge in [-0.1, -0.05) is 27.7 Å². The second-order valence-corrected chi connectivity index (χ2v) is 13.4. The van der Waals surface area contributed by atoms with E-state index in [2.05, 4.69) is 25.8 Å². The van der Waals surface area contributed by atoms with Gasteiger partial charge in [-0.25, -0.2) is 4.79 Å². The molecule has 0 aliphatic carbocycles. The molecule has 5 rings (SSSR count). The fourth-order valence-corrected chi connectivity index (χ4v) is 6.06. The van der Waals surface area contributed by atoms with Crippen molar-refractivity contribution < 1.29 is 48.3 Å². The zero-order chi connectivity index (χ0) is 39.6. The number of alkyl halides is 2. The molecule has 1 saturated heterocycles. The third-order valence-electron chi connectivity index (χ3n) is 8.95. The van der Waals surface area contributed by atoms with Crippen LogP contribution in [0.2, 0.25) is 0 Å². The number of benzene rings is 2. The van der Waals surface area contributed by atoms with Crippen LogP contribution < -0.4 is 16.3 Å². The summed E-state index contributed by atoms with van der Waals surface area (Å²) in [5.74, 6) is -6.56. The summed E-state index contributed by atoms with van der Waals surface area (Å²) in [6, 6.07) is 8.82. The number of carbonyl (C=O) groups excluding carboxylic acids is 3. The van der Waals surface area contributed by atoms with Gasteiger partial charge in [0.15, 0.2) is 17.7 Å². The van der Waals surface area contributed by atoms with Gasteiger partial charge in [-0.2, -0.15) is 13.8 Å². The fourth-order valence-electron chi connectivity index (χ4n) is 6.06. The van der Waals surface area contributed by atoms with Gasteiger partial charge in [-0.05, 0) is 60.7 Å². The molecule has 6 N–H and O–H groups in total. The molecule has 2 aromatic heterocycles. The number of aromatic nitrogens is 5. The highest BCUT2D eigenvalue weighted by atomic mass is 19.3. The van der Waals surface area contributed by atoms with Crippen LogP contribution in [0.4, 0.5) is 8.78 Å². The van der Waals surface area contributed by atoms with Gasteiger partial charge >= 0.3 is 11.6 Å². The van der Waals surface area contributed by atoms with Crippen molar-refractivity contribution in [3.8, 4) is 28.6 Å². The lowest BCUT2D eigenvalue weighted by Crippen LogP contribution is -2.45. The van der Waals surface area contributed by atoms with E-state index in [1.807, 2.05) is 13.8 Å². The van der Waals surface area contributed by atoms with Crippen molar-refractivity contribution >= 4 is 17.6 Å². The Morgan fingerprint density at radius 2 is 1.69 bits per heavy atom. The highest BCUT2D eigenvalue weighted by Crippen LogP contribution is 2.42. The SMILES string of the molecule is CCNC(=O)c1nnc(-c2cc(C(C)C)c(O)cc2O)n1-c1ccc(C(=O)N[C@H](C(=O)Cc2ccn([C@@H]3O[C@H](CO)[C@@H](O)C3(F)F)c(=O)n2)C(C)C)cc1. The van der Waals surface area contributed by atoms with Crippen LogP contribution in [0.15, 0.2) is 53.5 Å². The number of carbonyl (C=O) groups is 3. The molecule has 54 heavy (non-hydrogen) atoms. The minimum absolute atomic E-state index is 0.0566. The Morgan fingerprint density at radius 1 is 1.00 bits per heavy atom. The summed E-state index contributed by atoms with van der Waals surface area (Å²) < 4.78 is 36.0. The van der Waals surface area contributed by atoms with Crippen LogP contribution in [0, 0.1) is 5.92 Å². The number of Topliss-reactive ketones (excluding diaryl/α,β-unsaturated/α-hetero) is 1. The zero-order valence-electron chi connectivity index (χ0n) is 30.0. The van der Waals surface area contributed by atoms with Crippen LogP contribution in [0.5, 0.6) is 11.5 Å². The molecule has 288 valence electrons. The molecule has 0 unspecified atom stereocenters. The first-order chi connectivity index (χ1) is 25.5. The van der Waals surface area contributed by atoms with E-state index in [1.165, 1.54) is 41.0 Å². The molecular formula is C36H41F2N7O9. The summed E-state index contributed by atoms with van der Waals surface area (Å²) in [6.07, 6.45) is -5.66. The van der Waals surface area contributed by atoms with Crippen molar-refractivity contribution in [3.63, 3.8) is 0 Å². The van der Waals surface area contributed by atoms with Gasteiger partial charge in [0.25, 0.3) is 11.8 Å². The average molecular weight is 754 g/mol. The average Bonchev–Trinajstić information content (AvgIpc) is 3.65. The molecule has 1 fully saturated rings. The van der Waals surface area contributed by atoms with E-state index in [9.17, 15) is 48.4 Å². The first kappa shape index (κ1) is 39.6. The largest absolute Gasteiger partial charge is 0.508 e. The molecular weight excluding hydrogens is 712 g/mol. The zero-order valence-corrected chi connectivity index (χ0v) is 30.0. The fraction of sp³-hybridized carbons (Fsp3) is 0.417. The third-order valence-corrected chi connectivity index (χ3v) is 8.95. The topological polar surface area (TPSA) is 231 Å². The number of nitrogens with one attached hydrogen (secondary N) is 2. The molecule has 4 atom stereocenters. The minimum atomic E-state index is -3.90. The summed E-state index contributed by atoms with van der Waals surface area (Å²) in [5, 5.41) is 53.8. The molecule has 1 aliphatic rings. The van der Waals surface area contributed by atoms with Crippen molar-refractivity contribution in [2.45, 2.75) is 77.4 Å². The second-order valence-electron chi connectivity index (χ2n) is 13.4. The number of rotatable bonds is 13. The van der Waals surface area contributed by atoms with E-state index in [0.717, 1.165) is 6.20 Å². The quantitative estimate of drug-likeness (QED) is 0.115. The number of aliphatic hydroxyl groups excluding tert-OH is 2. The van der Waals surface area contributed by atoms with Gasteiger partial charge < -0.3 is 35.8 Å². The Bertz CT molecular complexity index is 2100. The predicted molar refractivity (Wildman–Crippen MR) is 187 cm³/mol. The summed E-state index contributed by atoms with van der Waals surface area (Å²) >= 11 is 0. The number of aliphatic hydroxyl groups is 2. The predicted octanol–water partition coefficient (Wildman–Crippen LogP) is 2.23. The van der Waals surface area contributed by atoms with Gasteiger partial charge in [0.1, 0.15) is 17.6 Å². The van der Waals surface area contributed by atoms with Gasteiger partial charge in [-0.15, -0.1) is 10.2 Å². The number of phenolic OH excluding ortho intramolecular Hbond substituents is 2. The number of ether oxygens (including phenoxy) is 1. The molecule has 0 bridgehead atoms. The maximum Gasteiger partial charge on any atom is 0.350 e. The number of phenols is 2. The van der Waals surface area contributed by atoms with Crippen LogP contribution >= 0.6 is 0 Å². The van der Waals surface area contributed by atoms with E-state index in [0.29, 0.717) is 22.4 Å². The molecule has 3 heterocycles. The first-order valence-electron chi connectivity index (χ1n) is 17.1. The molecule has 18 heteroatoms.